The molecule has 0 saturated carbocycles. The first-order valence-corrected chi connectivity index (χ1v) is 8.12. The summed E-state index contributed by atoms with van der Waals surface area (Å²) in [5.41, 5.74) is -0.398. The Hall–Kier alpha value is -2.11. The molecule has 2 unspecified atom stereocenters. The van der Waals surface area contributed by atoms with E-state index in [2.05, 4.69) is 20.3 Å². The molecule has 0 aliphatic heterocycles. The van der Waals surface area contributed by atoms with Crippen molar-refractivity contribution in [2.75, 3.05) is 10.6 Å². The lowest BCUT2D eigenvalue weighted by atomic mass is 9.92. The van der Waals surface area contributed by atoms with E-state index in [9.17, 15) is 31.4 Å². The average molecular weight is 399 g/mol. The second-order valence-corrected chi connectivity index (χ2v) is 6.50. The van der Waals surface area contributed by atoms with Crippen LogP contribution in [0.5, 0.6) is 0 Å². The molecule has 6 nitrogen and oxygen atoms in total. The van der Waals surface area contributed by atoms with E-state index in [1.165, 1.54) is 0 Å². The Kier molecular flexibility index (Phi) is 5.88. The summed E-state index contributed by atoms with van der Waals surface area (Å²) in [6, 6.07) is -2.23. The van der Waals surface area contributed by atoms with Crippen LogP contribution in [-0.4, -0.2) is 50.3 Å². The summed E-state index contributed by atoms with van der Waals surface area (Å²) in [6.07, 6.45) is -8.59. The molecule has 12 heteroatoms. The van der Waals surface area contributed by atoms with Gasteiger partial charge in [-0.15, -0.1) is 0 Å². The second-order valence-electron chi connectivity index (χ2n) is 6.50. The molecule has 1 aromatic rings. The Balaban J connectivity index is 2.46. The van der Waals surface area contributed by atoms with Crippen molar-refractivity contribution in [3.8, 4) is 0 Å². The van der Waals surface area contributed by atoms with Gasteiger partial charge in [-0.25, -0.2) is 13.2 Å². The zero-order valence-corrected chi connectivity index (χ0v) is 14.7. The first-order valence-electron chi connectivity index (χ1n) is 8.12. The molecule has 27 heavy (non-hydrogen) atoms. The first-order chi connectivity index (χ1) is 12.3. The van der Waals surface area contributed by atoms with E-state index in [0.717, 1.165) is 6.92 Å². The predicted molar refractivity (Wildman–Crippen MR) is 85.9 cm³/mol. The highest BCUT2D eigenvalue weighted by Crippen LogP contribution is 2.41. The molecule has 0 spiro atoms. The van der Waals surface area contributed by atoms with E-state index in [4.69, 9.17) is 0 Å². The van der Waals surface area contributed by atoms with Crippen molar-refractivity contribution in [2.45, 2.75) is 63.9 Å². The Morgan fingerprint density at radius 1 is 1.07 bits per heavy atom. The Morgan fingerprint density at radius 2 is 1.63 bits per heavy atom. The minimum atomic E-state index is -4.59. The number of aromatic nitrogens is 3. The van der Waals surface area contributed by atoms with E-state index in [1.54, 1.807) is 13.8 Å². The maximum Gasteiger partial charge on any atom is 0.408 e. The van der Waals surface area contributed by atoms with Crippen LogP contribution >= 0.6 is 0 Å². The predicted octanol–water partition coefficient (Wildman–Crippen LogP) is 3.53. The third kappa shape index (κ3) is 4.99. The summed E-state index contributed by atoms with van der Waals surface area (Å²) >= 11 is 0. The molecule has 1 aromatic heterocycles. The molecule has 0 aromatic carbocycles. The van der Waals surface area contributed by atoms with Crippen LogP contribution in [0.3, 0.4) is 0 Å². The fourth-order valence-corrected chi connectivity index (χ4v) is 2.29. The molecule has 0 fully saturated rings. The normalized spacial score (nSPS) is 21.4. The van der Waals surface area contributed by atoms with Crippen molar-refractivity contribution in [3.05, 3.63) is 11.7 Å². The van der Waals surface area contributed by atoms with Gasteiger partial charge in [0.2, 0.25) is 11.9 Å². The van der Waals surface area contributed by atoms with Gasteiger partial charge in [-0.2, -0.15) is 28.1 Å². The van der Waals surface area contributed by atoms with Gasteiger partial charge in [-0.1, -0.05) is 0 Å². The summed E-state index contributed by atoms with van der Waals surface area (Å²) in [7, 11) is 0. The van der Waals surface area contributed by atoms with Gasteiger partial charge in [0.05, 0.1) is 0 Å². The number of anilines is 2. The number of allylic oxidation sites excluding steroid dienone is 1. The fraction of sp³-hybridized carbons (Fsp3) is 0.667. The molecular weight excluding hydrogens is 380 g/mol. The topological polar surface area (TPSA) is 83.0 Å². The average Bonchev–Trinajstić information content (AvgIpc) is 2.51. The molecule has 1 aliphatic carbocycles. The zero-order chi connectivity index (χ0) is 20.6. The van der Waals surface area contributed by atoms with E-state index in [1.807, 2.05) is 5.32 Å². The van der Waals surface area contributed by atoms with Crippen LogP contribution in [0.1, 0.15) is 39.4 Å². The van der Waals surface area contributed by atoms with Crippen LogP contribution in [0.4, 0.5) is 38.2 Å². The number of aliphatic hydroxyl groups is 1. The molecule has 0 radical (unpaired) electrons. The van der Waals surface area contributed by atoms with Crippen molar-refractivity contribution in [3.63, 3.8) is 0 Å². The van der Waals surface area contributed by atoms with Gasteiger partial charge in [-0.05, 0) is 27.2 Å². The van der Waals surface area contributed by atoms with Crippen LogP contribution in [0.2, 0.25) is 0 Å². The number of halogens is 6. The third-order valence-corrected chi connectivity index (χ3v) is 3.80. The number of hydrogen-bond acceptors (Lipinski definition) is 6. The van der Waals surface area contributed by atoms with Gasteiger partial charge in [0, 0.05) is 18.0 Å². The Morgan fingerprint density at radius 3 is 2.15 bits per heavy atom. The van der Waals surface area contributed by atoms with E-state index >= 15 is 0 Å². The van der Waals surface area contributed by atoms with E-state index < -0.39 is 60.3 Å². The Bertz CT molecular complexity index is 721. The van der Waals surface area contributed by atoms with Crippen molar-refractivity contribution >= 4 is 17.5 Å². The fourth-order valence-electron chi connectivity index (χ4n) is 2.29. The van der Waals surface area contributed by atoms with Crippen LogP contribution < -0.4 is 10.6 Å². The molecule has 0 bridgehead atoms. The molecule has 2 atom stereocenters. The number of nitrogens with zero attached hydrogens (tertiary/aromatic N) is 3. The van der Waals surface area contributed by atoms with Crippen LogP contribution in [0.15, 0.2) is 5.83 Å². The van der Waals surface area contributed by atoms with Gasteiger partial charge < -0.3 is 15.7 Å². The van der Waals surface area contributed by atoms with Gasteiger partial charge in [0.1, 0.15) is 11.9 Å². The molecule has 3 N–H and O–H groups in total. The highest BCUT2D eigenvalue weighted by molar-refractivity contribution is 5.66. The number of aliphatic hydroxyl groups excluding tert-OH is 1. The molecule has 0 amide bonds. The number of alkyl halides is 5. The highest BCUT2D eigenvalue weighted by atomic mass is 19.4. The van der Waals surface area contributed by atoms with Crippen molar-refractivity contribution in [1.82, 2.24) is 15.0 Å². The van der Waals surface area contributed by atoms with Crippen molar-refractivity contribution < 1.29 is 31.4 Å². The lowest BCUT2D eigenvalue weighted by Gasteiger charge is -2.27. The van der Waals surface area contributed by atoms with Gasteiger partial charge in [-0.3, -0.25) is 0 Å². The second kappa shape index (κ2) is 7.49. The van der Waals surface area contributed by atoms with Crippen LogP contribution in [0.25, 0.3) is 5.57 Å². The maximum atomic E-state index is 14.2. The molecule has 152 valence electrons. The summed E-state index contributed by atoms with van der Waals surface area (Å²) in [5.74, 6) is -6.23. The minimum absolute atomic E-state index is 0.154. The lowest BCUT2D eigenvalue weighted by molar-refractivity contribution is -0.138. The van der Waals surface area contributed by atoms with E-state index in [0.29, 0.717) is 0 Å². The van der Waals surface area contributed by atoms with Gasteiger partial charge in [0.25, 0.3) is 5.92 Å². The monoisotopic (exact) mass is 399 g/mol. The summed E-state index contributed by atoms with van der Waals surface area (Å²) in [4.78, 5) is 11.4. The minimum Gasteiger partial charge on any atom is -0.380 e. The Labute approximate surface area is 151 Å². The van der Waals surface area contributed by atoms with Gasteiger partial charge >= 0.3 is 6.18 Å². The molecule has 1 heterocycles. The van der Waals surface area contributed by atoms with Crippen molar-refractivity contribution in [2.24, 2.45) is 0 Å². The number of rotatable bonds is 5. The molecule has 0 saturated heterocycles. The maximum absolute atomic E-state index is 14.2. The zero-order valence-electron chi connectivity index (χ0n) is 14.7. The molecule has 1 aliphatic rings. The largest absolute Gasteiger partial charge is 0.408 e. The van der Waals surface area contributed by atoms with Crippen LogP contribution in [0, 0.1) is 0 Å². The SMILES string of the molecule is CC(C)Nc1nc(NC(C)C(F)(F)F)nc(C2=C(F)C(O)C(F)(F)CC2)n1. The summed E-state index contributed by atoms with van der Waals surface area (Å²) in [6.45, 7) is 4.25. The molecular formula is C15H19F6N5O. The van der Waals surface area contributed by atoms with Crippen molar-refractivity contribution in [1.29, 1.82) is 0 Å². The highest BCUT2D eigenvalue weighted by Gasteiger charge is 2.46. The smallest absolute Gasteiger partial charge is 0.380 e. The number of hydrogen-bond donors (Lipinski definition) is 3. The van der Waals surface area contributed by atoms with Gasteiger partial charge in [0.15, 0.2) is 11.9 Å². The first kappa shape index (κ1) is 21.2. The lowest BCUT2D eigenvalue weighted by Crippen LogP contribution is -2.37. The number of nitrogens with one attached hydrogen (secondary N) is 2. The summed E-state index contributed by atoms with van der Waals surface area (Å²) < 4.78 is 79.4. The quantitative estimate of drug-likeness (QED) is 0.658. The third-order valence-electron chi connectivity index (χ3n) is 3.80. The van der Waals surface area contributed by atoms with E-state index in [-0.39, 0.29) is 12.0 Å². The molecule has 2 rings (SSSR count). The standard InChI is InChI=1S/C15H19F6N5O/c1-6(2)22-12-24-11(8-4-5-14(17,18)10(27)9(8)16)25-13(26-12)23-7(3)15(19,20)21/h6-7,10,27H,4-5H2,1-3H3,(H2,22,23,24,25,26). The summed E-state index contributed by atoms with van der Waals surface area (Å²) in [5, 5.41) is 14.2. The van der Waals surface area contributed by atoms with Crippen LogP contribution in [-0.2, 0) is 0 Å².